The lowest BCUT2D eigenvalue weighted by Gasteiger charge is -2.36. The van der Waals surface area contributed by atoms with Gasteiger partial charge in [-0.05, 0) is 31.2 Å². The second-order valence-electron chi connectivity index (χ2n) is 6.48. The van der Waals surface area contributed by atoms with Crippen LogP contribution >= 0.6 is 0 Å². The Morgan fingerprint density at radius 2 is 1.96 bits per heavy atom. The van der Waals surface area contributed by atoms with E-state index in [0.29, 0.717) is 30.3 Å². The highest BCUT2D eigenvalue weighted by molar-refractivity contribution is 5.90. The first-order chi connectivity index (χ1) is 13.6. The number of ether oxygens (including phenoxy) is 1. The number of carbonyl (C=O) groups is 1. The minimum atomic E-state index is -0.568. The van der Waals surface area contributed by atoms with Gasteiger partial charge in [0.25, 0.3) is 0 Å². The summed E-state index contributed by atoms with van der Waals surface area (Å²) in [4.78, 5) is 31.3. The van der Waals surface area contributed by atoms with Crippen LogP contribution in [-0.2, 0) is 11.2 Å². The van der Waals surface area contributed by atoms with Crippen molar-refractivity contribution in [3.63, 3.8) is 0 Å². The lowest BCUT2D eigenvalue weighted by atomic mass is 9.98. The van der Waals surface area contributed by atoms with Crippen molar-refractivity contribution in [1.29, 1.82) is 0 Å². The van der Waals surface area contributed by atoms with E-state index in [1.807, 2.05) is 11.8 Å². The molecule has 0 saturated heterocycles. The summed E-state index contributed by atoms with van der Waals surface area (Å²) in [6, 6.07) is 5.89. The van der Waals surface area contributed by atoms with E-state index >= 15 is 0 Å². The molecule has 1 atom stereocenters. The van der Waals surface area contributed by atoms with Gasteiger partial charge < -0.3 is 9.64 Å². The maximum atomic E-state index is 14.1. The van der Waals surface area contributed by atoms with Crippen LogP contribution < -0.4 is 4.90 Å². The molecule has 1 aliphatic rings. The molecule has 0 bridgehead atoms. The highest BCUT2D eigenvalue weighted by Gasteiger charge is 2.27. The number of halogens is 1. The number of benzene rings is 1. The van der Waals surface area contributed by atoms with Crippen LogP contribution in [0.5, 0.6) is 0 Å². The molecular weight excluding hydrogens is 361 g/mol. The topological polar surface area (TPSA) is 81.1 Å². The summed E-state index contributed by atoms with van der Waals surface area (Å²) in [6.45, 7) is 2.63. The summed E-state index contributed by atoms with van der Waals surface area (Å²) in [5, 5.41) is 0. The first kappa shape index (κ1) is 18.0. The number of methoxy groups -OCH3 is 1. The van der Waals surface area contributed by atoms with Gasteiger partial charge in [-0.2, -0.15) is 0 Å². The van der Waals surface area contributed by atoms with Crippen LogP contribution in [0.25, 0.3) is 11.6 Å². The van der Waals surface area contributed by atoms with Crippen LogP contribution in [-0.4, -0.2) is 39.6 Å². The van der Waals surface area contributed by atoms with Gasteiger partial charge in [-0.1, -0.05) is 0 Å². The van der Waals surface area contributed by atoms with E-state index in [4.69, 9.17) is 4.74 Å². The molecule has 8 heteroatoms. The number of rotatable bonds is 3. The van der Waals surface area contributed by atoms with E-state index in [0.717, 1.165) is 11.3 Å². The number of hydrogen-bond acceptors (Lipinski definition) is 7. The molecule has 0 spiro atoms. The van der Waals surface area contributed by atoms with Gasteiger partial charge in [-0.25, -0.2) is 29.1 Å². The highest BCUT2D eigenvalue weighted by atomic mass is 19.1. The maximum Gasteiger partial charge on any atom is 0.338 e. The number of esters is 1. The van der Waals surface area contributed by atoms with Crippen molar-refractivity contribution in [1.82, 2.24) is 19.9 Å². The van der Waals surface area contributed by atoms with Gasteiger partial charge >= 0.3 is 5.97 Å². The molecule has 0 fully saturated rings. The third-order valence-corrected chi connectivity index (χ3v) is 4.81. The molecule has 2 aromatic heterocycles. The van der Waals surface area contributed by atoms with Crippen molar-refractivity contribution < 1.29 is 13.9 Å². The van der Waals surface area contributed by atoms with Gasteiger partial charge in [0.15, 0.2) is 11.6 Å². The van der Waals surface area contributed by atoms with Crippen LogP contribution in [0.1, 0.15) is 34.6 Å². The lowest BCUT2D eigenvalue weighted by Crippen LogP contribution is -2.35. The first-order valence-electron chi connectivity index (χ1n) is 8.85. The number of hydrogen-bond donors (Lipinski definition) is 0. The van der Waals surface area contributed by atoms with Gasteiger partial charge in [-0.3, -0.25) is 0 Å². The Hall–Kier alpha value is -3.42. The zero-order valence-electron chi connectivity index (χ0n) is 15.5. The smallest absolute Gasteiger partial charge is 0.338 e. The molecule has 0 saturated carbocycles. The summed E-state index contributed by atoms with van der Waals surface area (Å²) in [6.07, 6.45) is 5.73. The Bertz CT molecular complexity index is 1030. The Morgan fingerprint density at radius 1 is 1.18 bits per heavy atom. The molecule has 1 aliphatic heterocycles. The number of fused-ring (bicyclic) bond motifs is 1. The first-order valence-corrected chi connectivity index (χ1v) is 8.85. The van der Waals surface area contributed by atoms with Crippen LogP contribution in [0.15, 0.2) is 42.9 Å². The quantitative estimate of drug-likeness (QED) is 0.647. The van der Waals surface area contributed by atoms with Crippen molar-refractivity contribution in [2.45, 2.75) is 19.4 Å². The molecule has 4 rings (SSSR count). The molecule has 1 unspecified atom stereocenters. The van der Waals surface area contributed by atoms with Crippen LogP contribution in [0.3, 0.4) is 0 Å². The molecule has 142 valence electrons. The Labute approximate surface area is 161 Å². The predicted octanol–water partition coefficient (Wildman–Crippen LogP) is 2.98. The van der Waals surface area contributed by atoms with Gasteiger partial charge in [0, 0.05) is 42.8 Å². The van der Waals surface area contributed by atoms with Crippen molar-refractivity contribution in [3.05, 3.63) is 65.5 Å². The van der Waals surface area contributed by atoms with Crippen molar-refractivity contribution in [3.8, 4) is 11.6 Å². The van der Waals surface area contributed by atoms with Crippen molar-refractivity contribution in [2.24, 2.45) is 0 Å². The molecule has 1 aromatic carbocycles. The fourth-order valence-electron chi connectivity index (χ4n) is 3.41. The van der Waals surface area contributed by atoms with E-state index in [2.05, 4.69) is 19.9 Å². The minimum absolute atomic E-state index is 0.0817. The Morgan fingerprint density at radius 3 is 2.71 bits per heavy atom. The fraction of sp³-hybridized carbons (Fsp3) is 0.250. The molecule has 0 N–H and O–H groups in total. The normalized spacial score (nSPS) is 15.8. The molecule has 3 heterocycles. The zero-order valence-corrected chi connectivity index (χ0v) is 15.5. The van der Waals surface area contributed by atoms with E-state index in [1.54, 1.807) is 30.7 Å². The summed E-state index contributed by atoms with van der Waals surface area (Å²) in [5.41, 5.74) is 2.68. The predicted molar refractivity (Wildman–Crippen MR) is 100 cm³/mol. The molecule has 3 aromatic rings. The number of aromatic nitrogens is 4. The number of anilines is 1. The van der Waals surface area contributed by atoms with Gasteiger partial charge in [0.05, 0.1) is 24.4 Å². The summed E-state index contributed by atoms with van der Waals surface area (Å²) < 4.78 is 18.8. The standard InChI is InChI=1S/C20H18FN5O2/c1-12-16-11-24-19(18-22-5-3-6-23-18)25-17(16)4-7-26(12)15-9-13(20(27)28-2)8-14(21)10-15/h3,5-6,8-12H,4,7H2,1-2H3. The van der Waals surface area contributed by atoms with Crippen LogP contribution in [0.4, 0.5) is 10.1 Å². The molecule has 7 nitrogen and oxygen atoms in total. The molecule has 0 radical (unpaired) electrons. The monoisotopic (exact) mass is 379 g/mol. The second-order valence-corrected chi connectivity index (χ2v) is 6.48. The molecule has 0 amide bonds. The largest absolute Gasteiger partial charge is 0.465 e. The van der Waals surface area contributed by atoms with Crippen LogP contribution in [0, 0.1) is 5.82 Å². The molecular formula is C20H18FN5O2. The number of carbonyl (C=O) groups excluding carboxylic acids is 1. The lowest BCUT2D eigenvalue weighted by molar-refractivity contribution is 0.0600. The summed E-state index contributed by atoms with van der Waals surface area (Å²) in [5.74, 6) is -0.0858. The average Bonchev–Trinajstić information content (AvgIpc) is 2.73. The fourth-order valence-corrected chi connectivity index (χ4v) is 3.41. The van der Waals surface area contributed by atoms with E-state index in [-0.39, 0.29) is 11.6 Å². The van der Waals surface area contributed by atoms with Crippen LogP contribution in [0.2, 0.25) is 0 Å². The zero-order chi connectivity index (χ0) is 19.7. The highest BCUT2D eigenvalue weighted by Crippen LogP contribution is 2.33. The summed E-state index contributed by atoms with van der Waals surface area (Å²) in [7, 11) is 1.28. The van der Waals surface area contributed by atoms with Crippen molar-refractivity contribution >= 4 is 11.7 Å². The van der Waals surface area contributed by atoms with E-state index in [1.165, 1.54) is 19.2 Å². The van der Waals surface area contributed by atoms with E-state index < -0.39 is 11.8 Å². The van der Waals surface area contributed by atoms with E-state index in [9.17, 15) is 9.18 Å². The summed E-state index contributed by atoms with van der Waals surface area (Å²) >= 11 is 0. The van der Waals surface area contributed by atoms with Gasteiger partial charge in [-0.15, -0.1) is 0 Å². The van der Waals surface area contributed by atoms with Gasteiger partial charge in [0.2, 0.25) is 0 Å². The maximum absolute atomic E-state index is 14.1. The third-order valence-electron chi connectivity index (χ3n) is 4.81. The molecule has 0 aliphatic carbocycles. The third kappa shape index (κ3) is 3.28. The minimum Gasteiger partial charge on any atom is -0.465 e. The Kier molecular flexibility index (Phi) is 4.68. The van der Waals surface area contributed by atoms with Gasteiger partial charge in [0.1, 0.15) is 5.82 Å². The Balaban J connectivity index is 1.67. The molecule has 28 heavy (non-hydrogen) atoms. The number of nitrogens with zero attached hydrogens (tertiary/aromatic N) is 5. The van der Waals surface area contributed by atoms with Crippen molar-refractivity contribution in [2.75, 3.05) is 18.6 Å². The average molecular weight is 379 g/mol. The second kappa shape index (κ2) is 7.30. The SMILES string of the molecule is COC(=O)c1cc(F)cc(N2CCc3nc(-c4ncccn4)ncc3C2C)c1.